The van der Waals surface area contributed by atoms with Gasteiger partial charge in [0.2, 0.25) is 0 Å². The van der Waals surface area contributed by atoms with E-state index in [9.17, 15) is 13.2 Å². The quantitative estimate of drug-likeness (QED) is 0.853. The van der Waals surface area contributed by atoms with Gasteiger partial charge in [0.15, 0.2) is 0 Å². The molecule has 0 aliphatic heterocycles. The highest BCUT2D eigenvalue weighted by molar-refractivity contribution is 5.45. The molecule has 19 heavy (non-hydrogen) atoms. The molecule has 0 unspecified atom stereocenters. The first-order valence-electron chi connectivity index (χ1n) is 5.92. The van der Waals surface area contributed by atoms with E-state index in [-0.39, 0.29) is 0 Å². The summed E-state index contributed by atoms with van der Waals surface area (Å²) in [5.74, 6) is 0. The van der Waals surface area contributed by atoms with Crippen LogP contribution in [0.15, 0.2) is 48.5 Å². The monoisotopic (exact) mass is 265 g/mol. The first kappa shape index (κ1) is 13.5. The summed E-state index contributed by atoms with van der Waals surface area (Å²) in [4.78, 5) is 0. The third kappa shape index (κ3) is 3.74. The van der Waals surface area contributed by atoms with Gasteiger partial charge in [0, 0.05) is 12.2 Å². The molecule has 0 aromatic heterocycles. The van der Waals surface area contributed by atoms with Crippen LogP contribution in [0.2, 0.25) is 0 Å². The number of nitrogens with one attached hydrogen (secondary N) is 1. The minimum absolute atomic E-state index is 0.501. The van der Waals surface area contributed by atoms with E-state index < -0.39 is 11.7 Å². The molecule has 1 N–H and O–H groups in total. The Labute approximate surface area is 110 Å². The van der Waals surface area contributed by atoms with Gasteiger partial charge in [-0.05, 0) is 36.8 Å². The molecule has 0 aliphatic carbocycles. The van der Waals surface area contributed by atoms with Crippen molar-refractivity contribution >= 4 is 5.69 Å². The van der Waals surface area contributed by atoms with Gasteiger partial charge in [0.05, 0.1) is 5.56 Å². The molecule has 0 atom stereocenters. The van der Waals surface area contributed by atoms with Gasteiger partial charge >= 0.3 is 6.18 Å². The summed E-state index contributed by atoms with van der Waals surface area (Å²) in [5.41, 5.74) is 2.31. The Balaban J connectivity index is 1.98. The largest absolute Gasteiger partial charge is 0.416 e. The van der Waals surface area contributed by atoms with Crippen molar-refractivity contribution in [2.75, 3.05) is 5.32 Å². The summed E-state index contributed by atoms with van der Waals surface area (Å²) in [5, 5.41) is 3.17. The van der Waals surface area contributed by atoms with E-state index in [4.69, 9.17) is 0 Å². The Kier molecular flexibility index (Phi) is 3.79. The molecule has 0 spiro atoms. The Bertz CT molecular complexity index is 527. The number of benzene rings is 2. The van der Waals surface area contributed by atoms with Gasteiger partial charge in [-0.1, -0.05) is 29.8 Å². The molecule has 0 aliphatic rings. The molecular formula is C15H14F3N. The molecule has 1 nitrogen and oxygen atoms in total. The second-order valence-corrected chi connectivity index (χ2v) is 4.41. The van der Waals surface area contributed by atoms with Gasteiger partial charge in [-0.3, -0.25) is 0 Å². The number of anilines is 1. The summed E-state index contributed by atoms with van der Waals surface area (Å²) < 4.78 is 37.2. The Morgan fingerprint density at radius 1 is 0.895 bits per heavy atom. The maximum atomic E-state index is 12.4. The van der Waals surface area contributed by atoms with Gasteiger partial charge in [0.25, 0.3) is 0 Å². The number of hydrogen-bond donors (Lipinski definition) is 1. The fraction of sp³-hybridized carbons (Fsp3) is 0.200. The van der Waals surface area contributed by atoms with Crippen molar-refractivity contribution in [2.45, 2.75) is 19.6 Å². The van der Waals surface area contributed by atoms with Gasteiger partial charge in [-0.2, -0.15) is 13.2 Å². The van der Waals surface area contributed by atoms with Crippen molar-refractivity contribution in [1.82, 2.24) is 0 Å². The third-order valence-electron chi connectivity index (χ3n) is 2.83. The lowest BCUT2D eigenvalue weighted by Gasteiger charge is -2.09. The number of aryl methyl sites for hydroxylation is 1. The van der Waals surface area contributed by atoms with Crippen molar-refractivity contribution in [3.63, 3.8) is 0 Å². The van der Waals surface area contributed by atoms with Crippen LogP contribution in [0.1, 0.15) is 16.7 Å². The van der Waals surface area contributed by atoms with Crippen LogP contribution in [0.4, 0.5) is 18.9 Å². The molecule has 100 valence electrons. The van der Waals surface area contributed by atoms with Crippen LogP contribution in [0.25, 0.3) is 0 Å². The van der Waals surface area contributed by atoms with Crippen molar-refractivity contribution < 1.29 is 13.2 Å². The molecule has 0 saturated carbocycles. The predicted molar refractivity (Wildman–Crippen MR) is 69.9 cm³/mol. The maximum absolute atomic E-state index is 12.4. The van der Waals surface area contributed by atoms with E-state index >= 15 is 0 Å². The molecular weight excluding hydrogens is 251 g/mol. The topological polar surface area (TPSA) is 12.0 Å². The summed E-state index contributed by atoms with van der Waals surface area (Å²) in [6, 6.07) is 13.0. The van der Waals surface area contributed by atoms with Crippen LogP contribution < -0.4 is 5.32 Å². The number of hydrogen-bond acceptors (Lipinski definition) is 1. The lowest BCUT2D eigenvalue weighted by Crippen LogP contribution is -2.05. The van der Waals surface area contributed by atoms with Gasteiger partial charge in [-0.25, -0.2) is 0 Å². The van der Waals surface area contributed by atoms with E-state index in [1.165, 1.54) is 17.7 Å². The number of alkyl halides is 3. The maximum Gasteiger partial charge on any atom is 0.416 e. The zero-order valence-corrected chi connectivity index (χ0v) is 10.5. The molecule has 0 saturated heterocycles. The fourth-order valence-electron chi connectivity index (χ4n) is 1.69. The van der Waals surface area contributed by atoms with Crippen LogP contribution in [0.3, 0.4) is 0 Å². The minimum atomic E-state index is -4.27. The van der Waals surface area contributed by atoms with E-state index in [0.717, 1.165) is 23.4 Å². The fourth-order valence-corrected chi connectivity index (χ4v) is 1.69. The molecule has 0 radical (unpaired) electrons. The summed E-state index contributed by atoms with van der Waals surface area (Å²) in [7, 11) is 0. The Hall–Kier alpha value is -1.97. The molecule has 0 heterocycles. The van der Waals surface area contributed by atoms with Crippen LogP contribution in [0.5, 0.6) is 0 Å². The highest BCUT2D eigenvalue weighted by Gasteiger charge is 2.29. The van der Waals surface area contributed by atoms with Crippen molar-refractivity contribution in [3.05, 3.63) is 65.2 Å². The molecule has 0 bridgehead atoms. The van der Waals surface area contributed by atoms with Crippen molar-refractivity contribution in [2.24, 2.45) is 0 Å². The van der Waals surface area contributed by atoms with E-state index in [1.54, 1.807) is 0 Å². The van der Waals surface area contributed by atoms with E-state index in [2.05, 4.69) is 5.32 Å². The average molecular weight is 265 g/mol. The molecule has 0 fully saturated rings. The molecule has 4 heteroatoms. The lowest BCUT2D eigenvalue weighted by molar-refractivity contribution is -0.137. The number of halogens is 3. The van der Waals surface area contributed by atoms with Crippen molar-refractivity contribution in [3.8, 4) is 0 Å². The van der Waals surface area contributed by atoms with Gasteiger partial charge in [-0.15, -0.1) is 0 Å². The van der Waals surface area contributed by atoms with E-state index in [1.807, 2.05) is 31.2 Å². The first-order chi connectivity index (χ1) is 8.95. The summed E-state index contributed by atoms with van der Waals surface area (Å²) in [6.45, 7) is 2.50. The van der Waals surface area contributed by atoms with E-state index in [0.29, 0.717) is 6.54 Å². The standard InChI is InChI=1S/C15H14F3N/c1-11-2-8-14(9-3-11)19-10-12-4-6-13(7-5-12)15(16,17)18/h2-9,19H,10H2,1H3. The Morgan fingerprint density at radius 2 is 1.47 bits per heavy atom. The second-order valence-electron chi connectivity index (χ2n) is 4.41. The number of rotatable bonds is 3. The third-order valence-corrected chi connectivity index (χ3v) is 2.83. The normalized spacial score (nSPS) is 11.4. The smallest absolute Gasteiger partial charge is 0.381 e. The van der Waals surface area contributed by atoms with Crippen molar-refractivity contribution in [1.29, 1.82) is 0 Å². The van der Waals surface area contributed by atoms with Crippen LogP contribution >= 0.6 is 0 Å². The van der Waals surface area contributed by atoms with Gasteiger partial charge in [0.1, 0.15) is 0 Å². The zero-order chi connectivity index (χ0) is 13.9. The van der Waals surface area contributed by atoms with Gasteiger partial charge < -0.3 is 5.32 Å². The summed E-state index contributed by atoms with van der Waals surface area (Å²) >= 11 is 0. The highest BCUT2D eigenvalue weighted by atomic mass is 19.4. The zero-order valence-electron chi connectivity index (χ0n) is 10.5. The van der Waals surface area contributed by atoms with Crippen LogP contribution in [-0.2, 0) is 12.7 Å². The Morgan fingerprint density at radius 3 is 2.00 bits per heavy atom. The molecule has 2 aromatic rings. The lowest BCUT2D eigenvalue weighted by atomic mass is 10.1. The first-order valence-corrected chi connectivity index (χ1v) is 5.92. The minimum Gasteiger partial charge on any atom is -0.381 e. The average Bonchev–Trinajstić information content (AvgIpc) is 2.37. The molecule has 2 rings (SSSR count). The second kappa shape index (κ2) is 5.34. The van der Waals surface area contributed by atoms with Crippen LogP contribution in [-0.4, -0.2) is 0 Å². The predicted octanol–water partition coefficient (Wildman–Crippen LogP) is 4.63. The summed E-state index contributed by atoms with van der Waals surface area (Å²) in [6.07, 6.45) is -4.27. The van der Waals surface area contributed by atoms with Crippen LogP contribution in [0, 0.1) is 6.92 Å². The SMILES string of the molecule is Cc1ccc(NCc2ccc(C(F)(F)F)cc2)cc1. The molecule has 0 amide bonds. The molecule has 2 aromatic carbocycles. The highest BCUT2D eigenvalue weighted by Crippen LogP contribution is 2.29.